The topological polar surface area (TPSA) is 40.5 Å². The summed E-state index contributed by atoms with van der Waals surface area (Å²) >= 11 is 0. The molecule has 166 valence electrons. The van der Waals surface area contributed by atoms with Crippen molar-refractivity contribution in [1.82, 2.24) is 0 Å². The van der Waals surface area contributed by atoms with E-state index in [1.807, 2.05) is 0 Å². The minimum absolute atomic E-state index is 0.206. The zero-order chi connectivity index (χ0) is 22.2. The summed E-state index contributed by atoms with van der Waals surface area (Å²) in [6, 6.07) is 9.15. The predicted octanol–water partition coefficient (Wildman–Crippen LogP) is 7.29. The fourth-order valence-electron chi connectivity index (χ4n) is 8.62. The highest BCUT2D eigenvalue weighted by atomic mass is 16.3. The molecular formula is C29H38O2. The SMILES string of the molecule is CCCC12CC3CC(c4cc(C)c(O)c(C)c4)(C1)CC(c1cc(C)c(O)c(C)c1)(C3)C2. The highest BCUT2D eigenvalue weighted by Crippen LogP contribution is 2.71. The lowest BCUT2D eigenvalue weighted by Gasteiger charge is -2.67. The van der Waals surface area contributed by atoms with Crippen molar-refractivity contribution in [3.8, 4) is 11.5 Å². The van der Waals surface area contributed by atoms with Gasteiger partial charge >= 0.3 is 0 Å². The minimum atomic E-state index is 0.206. The molecule has 4 aliphatic rings. The van der Waals surface area contributed by atoms with Gasteiger partial charge in [0.15, 0.2) is 0 Å². The standard InChI is InChI=1S/C29H38O2/c1-6-7-27-12-22-13-28(15-27,23-8-18(2)25(30)19(3)9-23)17-29(14-22,16-27)24-10-20(4)26(31)21(5)11-24/h8-11,22,30-31H,6-7,12-17H2,1-5H3. The second kappa shape index (κ2) is 6.77. The van der Waals surface area contributed by atoms with E-state index in [0.29, 0.717) is 16.9 Å². The average molecular weight is 419 g/mol. The van der Waals surface area contributed by atoms with Crippen molar-refractivity contribution in [1.29, 1.82) is 0 Å². The van der Waals surface area contributed by atoms with Gasteiger partial charge in [0, 0.05) is 0 Å². The fraction of sp³-hybridized carbons (Fsp3) is 0.586. The van der Waals surface area contributed by atoms with E-state index in [9.17, 15) is 10.2 Å². The van der Waals surface area contributed by atoms with Crippen LogP contribution in [0.25, 0.3) is 0 Å². The molecule has 0 heterocycles. The van der Waals surface area contributed by atoms with Crippen LogP contribution in [0.15, 0.2) is 24.3 Å². The summed E-state index contributed by atoms with van der Waals surface area (Å²) in [7, 11) is 0. The Morgan fingerprint density at radius 2 is 1.13 bits per heavy atom. The smallest absolute Gasteiger partial charge is 0.121 e. The zero-order valence-electron chi connectivity index (χ0n) is 19.9. The van der Waals surface area contributed by atoms with E-state index >= 15 is 0 Å². The van der Waals surface area contributed by atoms with E-state index in [1.54, 1.807) is 0 Å². The van der Waals surface area contributed by atoms with Crippen LogP contribution in [0, 0.1) is 39.0 Å². The van der Waals surface area contributed by atoms with E-state index < -0.39 is 0 Å². The molecule has 4 saturated carbocycles. The molecule has 4 aliphatic carbocycles. The second-order valence-electron chi connectivity index (χ2n) is 11.7. The molecule has 2 N–H and O–H groups in total. The first kappa shape index (κ1) is 20.9. The van der Waals surface area contributed by atoms with Gasteiger partial charge in [-0.25, -0.2) is 0 Å². The van der Waals surface area contributed by atoms with Crippen LogP contribution in [0.5, 0.6) is 11.5 Å². The summed E-state index contributed by atoms with van der Waals surface area (Å²) in [6.07, 6.45) is 10.3. The molecular weight excluding hydrogens is 380 g/mol. The third-order valence-corrected chi connectivity index (χ3v) is 9.17. The maximum absolute atomic E-state index is 10.4. The molecule has 0 saturated heterocycles. The van der Waals surface area contributed by atoms with Crippen LogP contribution in [0.2, 0.25) is 0 Å². The van der Waals surface area contributed by atoms with Crippen LogP contribution in [0.4, 0.5) is 0 Å². The van der Waals surface area contributed by atoms with Crippen molar-refractivity contribution in [2.24, 2.45) is 11.3 Å². The Bertz CT molecular complexity index is 929. The molecule has 0 aromatic heterocycles. The zero-order valence-corrected chi connectivity index (χ0v) is 19.9. The van der Waals surface area contributed by atoms with Gasteiger partial charge in [-0.1, -0.05) is 37.6 Å². The lowest BCUT2D eigenvalue weighted by atomic mass is 9.37. The summed E-state index contributed by atoms with van der Waals surface area (Å²) in [5.74, 6) is 1.68. The van der Waals surface area contributed by atoms with E-state index in [4.69, 9.17) is 0 Å². The third kappa shape index (κ3) is 3.04. The molecule has 6 rings (SSSR count). The highest BCUT2D eigenvalue weighted by Gasteiger charge is 2.63. The molecule has 2 aromatic carbocycles. The van der Waals surface area contributed by atoms with Crippen molar-refractivity contribution in [2.45, 2.75) is 96.8 Å². The van der Waals surface area contributed by atoms with Crippen LogP contribution < -0.4 is 0 Å². The molecule has 2 aromatic rings. The Balaban J connectivity index is 1.69. The summed E-state index contributed by atoms with van der Waals surface area (Å²) < 4.78 is 0. The van der Waals surface area contributed by atoms with Crippen molar-refractivity contribution >= 4 is 0 Å². The average Bonchev–Trinajstić information content (AvgIpc) is 2.68. The molecule has 4 bridgehead atoms. The Morgan fingerprint density at radius 1 is 0.710 bits per heavy atom. The highest BCUT2D eigenvalue weighted by molar-refractivity contribution is 5.49. The van der Waals surface area contributed by atoms with E-state index in [0.717, 1.165) is 28.2 Å². The van der Waals surface area contributed by atoms with E-state index in [1.165, 1.54) is 62.5 Å². The predicted molar refractivity (Wildman–Crippen MR) is 127 cm³/mol. The second-order valence-corrected chi connectivity index (χ2v) is 11.7. The number of aryl methyl sites for hydroxylation is 4. The van der Waals surface area contributed by atoms with Crippen LogP contribution in [0.1, 0.15) is 91.7 Å². The first-order valence-electron chi connectivity index (χ1n) is 12.2. The van der Waals surface area contributed by atoms with Crippen molar-refractivity contribution in [3.05, 3.63) is 57.6 Å². The van der Waals surface area contributed by atoms with Crippen LogP contribution >= 0.6 is 0 Å². The molecule has 31 heavy (non-hydrogen) atoms. The number of phenolic OH excluding ortho intramolecular Hbond substituents is 2. The van der Waals surface area contributed by atoms with Crippen LogP contribution in [-0.4, -0.2) is 10.2 Å². The van der Waals surface area contributed by atoms with Gasteiger partial charge in [-0.05, 0) is 128 Å². The first-order chi connectivity index (χ1) is 14.6. The monoisotopic (exact) mass is 418 g/mol. The maximum atomic E-state index is 10.4. The third-order valence-electron chi connectivity index (χ3n) is 9.17. The molecule has 2 unspecified atom stereocenters. The number of hydrogen-bond donors (Lipinski definition) is 2. The van der Waals surface area contributed by atoms with Gasteiger partial charge in [-0.3, -0.25) is 0 Å². The Kier molecular flexibility index (Phi) is 4.57. The number of rotatable bonds is 4. The number of phenols is 2. The summed E-state index contributed by atoms with van der Waals surface area (Å²) in [6.45, 7) is 10.6. The van der Waals surface area contributed by atoms with Gasteiger partial charge in [-0.2, -0.15) is 0 Å². The maximum Gasteiger partial charge on any atom is 0.121 e. The lowest BCUT2D eigenvalue weighted by Crippen LogP contribution is -2.60. The first-order valence-corrected chi connectivity index (χ1v) is 12.2. The minimum Gasteiger partial charge on any atom is -0.507 e. The molecule has 2 nitrogen and oxygen atoms in total. The fourth-order valence-corrected chi connectivity index (χ4v) is 8.62. The van der Waals surface area contributed by atoms with Gasteiger partial charge in [0.25, 0.3) is 0 Å². The molecule has 2 heteroatoms. The van der Waals surface area contributed by atoms with Gasteiger partial charge in [0.2, 0.25) is 0 Å². The lowest BCUT2D eigenvalue weighted by molar-refractivity contribution is -0.0944. The van der Waals surface area contributed by atoms with Gasteiger partial charge in [-0.15, -0.1) is 0 Å². The summed E-state index contributed by atoms with van der Waals surface area (Å²) in [5, 5.41) is 20.9. The van der Waals surface area contributed by atoms with Gasteiger partial charge in [0.1, 0.15) is 11.5 Å². The summed E-state index contributed by atoms with van der Waals surface area (Å²) in [4.78, 5) is 0. The Hall–Kier alpha value is -1.96. The largest absolute Gasteiger partial charge is 0.507 e. The van der Waals surface area contributed by atoms with Crippen molar-refractivity contribution in [3.63, 3.8) is 0 Å². The van der Waals surface area contributed by atoms with Crippen molar-refractivity contribution < 1.29 is 10.2 Å². The molecule has 2 atom stereocenters. The van der Waals surface area contributed by atoms with E-state index in [-0.39, 0.29) is 10.8 Å². The molecule has 0 spiro atoms. The Labute approximate surface area is 187 Å². The molecule has 0 aliphatic heterocycles. The number of benzene rings is 2. The van der Waals surface area contributed by atoms with Gasteiger partial charge < -0.3 is 10.2 Å². The van der Waals surface area contributed by atoms with E-state index in [2.05, 4.69) is 58.9 Å². The Morgan fingerprint density at radius 3 is 1.52 bits per heavy atom. The van der Waals surface area contributed by atoms with Crippen molar-refractivity contribution in [2.75, 3.05) is 0 Å². The number of hydrogen-bond acceptors (Lipinski definition) is 2. The van der Waals surface area contributed by atoms with Crippen LogP contribution in [0.3, 0.4) is 0 Å². The normalized spacial score (nSPS) is 33.8. The summed E-state index contributed by atoms with van der Waals surface area (Å²) in [5.41, 5.74) is 7.81. The molecule has 4 fully saturated rings. The quantitative estimate of drug-likeness (QED) is 0.547. The molecule has 0 amide bonds. The number of aromatic hydroxyl groups is 2. The molecule has 0 radical (unpaired) electrons. The van der Waals surface area contributed by atoms with Gasteiger partial charge in [0.05, 0.1) is 0 Å². The van der Waals surface area contributed by atoms with Crippen LogP contribution in [-0.2, 0) is 10.8 Å².